The predicted octanol–water partition coefficient (Wildman–Crippen LogP) is 3.15. The Morgan fingerprint density at radius 1 is 1.36 bits per heavy atom. The van der Waals surface area contributed by atoms with Crippen LogP contribution in [0.5, 0.6) is 0 Å². The van der Waals surface area contributed by atoms with E-state index in [1.165, 1.54) is 32.6 Å². The zero-order valence-electron chi connectivity index (χ0n) is 9.80. The third-order valence-corrected chi connectivity index (χ3v) is 3.33. The first-order chi connectivity index (χ1) is 6.42. The van der Waals surface area contributed by atoms with Crippen molar-refractivity contribution >= 4 is 5.97 Å². The van der Waals surface area contributed by atoms with Crippen molar-refractivity contribution in [3.63, 3.8) is 0 Å². The highest BCUT2D eigenvalue weighted by Gasteiger charge is 2.35. The summed E-state index contributed by atoms with van der Waals surface area (Å²) in [5.74, 6) is 1.16. The molecule has 2 nitrogen and oxygen atoms in total. The van der Waals surface area contributed by atoms with Crippen LogP contribution >= 0.6 is 0 Å². The molecule has 2 atom stereocenters. The number of hydrogen-bond donors (Lipinski definition) is 0. The van der Waals surface area contributed by atoms with Gasteiger partial charge in [-0.2, -0.15) is 0 Å². The predicted molar refractivity (Wildman–Crippen MR) is 57.0 cm³/mol. The summed E-state index contributed by atoms with van der Waals surface area (Å²) in [6, 6.07) is 0. The molecule has 0 aromatic rings. The zero-order chi connectivity index (χ0) is 10.8. The second-order valence-corrected chi connectivity index (χ2v) is 5.17. The third-order valence-electron chi connectivity index (χ3n) is 3.33. The monoisotopic (exact) mass is 198 g/mol. The summed E-state index contributed by atoms with van der Waals surface area (Å²) >= 11 is 0. The van der Waals surface area contributed by atoms with Gasteiger partial charge in [-0.1, -0.05) is 19.8 Å². The Hall–Kier alpha value is -0.530. The van der Waals surface area contributed by atoms with Crippen LogP contribution in [-0.4, -0.2) is 11.6 Å². The molecule has 0 amide bonds. The lowest BCUT2D eigenvalue weighted by Gasteiger charge is -2.38. The molecule has 0 saturated heterocycles. The molecule has 1 saturated carbocycles. The van der Waals surface area contributed by atoms with Gasteiger partial charge in [0.1, 0.15) is 5.60 Å². The number of ether oxygens (including phenoxy) is 1. The van der Waals surface area contributed by atoms with E-state index in [1.54, 1.807) is 0 Å². The fourth-order valence-electron chi connectivity index (χ4n) is 2.52. The highest BCUT2D eigenvalue weighted by Crippen LogP contribution is 2.37. The molecular formula is C12H22O2. The maximum atomic E-state index is 11.0. The molecule has 0 aromatic heterocycles. The van der Waals surface area contributed by atoms with E-state index in [9.17, 15) is 4.79 Å². The van der Waals surface area contributed by atoms with Gasteiger partial charge in [0, 0.05) is 6.92 Å². The van der Waals surface area contributed by atoms with Crippen molar-refractivity contribution in [2.24, 2.45) is 11.8 Å². The number of carbonyl (C=O) groups excluding carboxylic acids is 1. The molecule has 1 fully saturated rings. The second-order valence-electron chi connectivity index (χ2n) is 5.17. The van der Waals surface area contributed by atoms with Gasteiger partial charge < -0.3 is 4.74 Å². The number of carbonyl (C=O) groups is 1. The van der Waals surface area contributed by atoms with Crippen molar-refractivity contribution in [3.8, 4) is 0 Å². The maximum Gasteiger partial charge on any atom is 0.303 e. The van der Waals surface area contributed by atoms with Crippen LogP contribution in [0, 0.1) is 11.8 Å². The molecule has 0 radical (unpaired) electrons. The molecule has 0 heterocycles. The Kier molecular flexibility index (Phi) is 3.57. The molecular weight excluding hydrogens is 176 g/mol. The minimum Gasteiger partial charge on any atom is -0.460 e. The molecule has 2 unspecified atom stereocenters. The Bertz CT molecular complexity index is 208. The van der Waals surface area contributed by atoms with Crippen molar-refractivity contribution in [1.82, 2.24) is 0 Å². The van der Waals surface area contributed by atoms with Crippen LogP contribution in [0.4, 0.5) is 0 Å². The molecule has 1 aliphatic carbocycles. The van der Waals surface area contributed by atoms with E-state index in [2.05, 4.69) is 6.92 Å². The molecule has 0 aliphatic heterocycles. The maximum absolute atomic E-state index is 11.0. The van der Waals surface area contributed by atoms with Crippen LogP contribution in [0.2, 0.25) is 0 Å². The van der Waals surface area contributed by atoms with Gasteiger partial charge in [-0.25, -0.2) is 0 Å². The summed E-state index contributed by atoms with van der Waals surface area (Å²) in [6.07, 6.45) is 4.99. The van der Waals surface area contributed by atoms with Gasteiger partial charge in [0.2, 0.25) is 0 Å². The molecule has 0 aromatic carbocycles. The van der Waals surface area contributed by atoms with E-state index in [1.807, 2.05) is 13.8 Å². The molecule has 0 N–H and O–H groups in total. The van der Waals surface area contributed by atoms with Crippen molar-refractivity contribution in [1.29, 1.82) is 0 Å². The summed E-state index contributed by atoms with van der Waals surface area (Å²) in [6.45, 7) is 7.86. The normalized spacial score (nSPS) is 28.6. The lowest BCUT2D eigenvalue weighted by Crippen LogP contribution is -2.38. The van der Waals surface area contributed by atoms with Crippen LogP contribution < -0.4 is 0 Å². The highest BCUT2D eigenvalue weighted by molar-refractivity contribution is 5.66. The van der Waals surface area contributed by atoms with Gasteiger partial charge in [0.15, 0.2) is 0 Å². The fraction of sp³-hybridized carbons (Fsp3) is 0.917. The van der Waals surface area contributed by atoms with E-state index in [0.29, 0.717) is 5.92 Å². The Morgan fingerprint density at radius 3 is 2.50 bits per heavy atom. The fourth-order valence-corrected chi connectivity index (χ4v) is 2.52. The standard InChI is InChI=1S/C12H22O2/c1-9-6-5-7-11(8-9)12(3,4)14-10(2)13/h9,11H,5-8H2,1-4H3. The number of rotatable bonds is 2. The van der Waals surface area contributed by atoms with E-state index in [4.69, 9.17) is 4.74 Å². The highest BCUT2D eigenvalue weighted by atomic mass is 16.6. The van der Waals surface area contributed by atoms with Crippen molar-refractivity contribution < 1.29 is 9.53 Å². The Labute approximate surface area is 87.0 Å². The minimum absolute atomic E-state index is 0.159. The first kappa shape index (κ1) is 11.5. The molecule has 82 valence electrons. The molecule has 1 rings (SSSR count). The largest absolute Gasteiger partial charge is 0.460 e. The Morgan fingerprint density at radius 2 is 2.00 bits per heavy atom. The summed E-state index contributed by atoms with van der Waals surface area (Å²) in [5, 5.41) is 0. The first-order valence-electron chi connectivity index (χ1n) is 5.61. The van der Waals surface area contributed by atoms with Gasteiger partial charge >= 0.3 is 5.97 Å². The van der Waals surface area contributed by atoms with E-state index >= 15 is 0 Å². The van der Waals surface area contributed by atoms with Gasteiger partial charge in [-0.3, -0.25) is 4.79 Å². The van der Waals surface area contributed by atoms with Gasteiger partial charge in [0.05, 0.1) is 0 Å². The summed E-state index contributed by atoms with van der Waals surface area (Å²) in [7, 11) is 0. The van der Waals surface area contributed by atoms with E-state index in [-0.39, 0.29) is 11.6 Å². The van der Waals surface area contributed by atoms with Crippen LogP contribution in [0.1, 0.15) is 53.4 Å². The van der Waals surface area contributed by atoms with Gasteiger partial charge in [-0.15, -0.1) is 0 Å². The average molecular weight is 198 g/mol. The topological polar surface area (TPSA) is 26.3 Å². The average Bonchev–Trinajstić information content (AvgIpc) is 2.01. The molecule has 2 heteroatoms. The van der Waals surface area contributed by atoms with E-state index in [0.717, 1.165) is 5.92 Å². The van der Waals surface area contributed by atoms with Crippen LogP contribution in [-0.2, 0) is 9.53 Å². The molecule has 0 spiro atoms. The van der Waals surface area contributed by atoms with Crippen LogP contribution in [0.25, 0.3) is 0 Å². The third kappa shape index (κ3) is 3.00. The zero-order valence-corrected chi connectivity index (χ0v) is 9.80. The minimum atomic E-state index is -0.277. The first-order valence-corrected chi connectivity index (χ1v) is 5.61. The Balaban J connectivity index is 2.56. The molecule has 14 heavy (non-hydrogen) atoms. The van der Waals surface area contributed by atoms with Gasteiger partial charge in [-0.05, 0) is 38.5 Å². The van der Waals surface area contributed by atoms with Crippen molar-refractivity contribution in [2.45, 2.75) is 59.0 Å². The summed E-state index contributed by atoms with van der Waals surface area (Å²) in [4.78, 5) is 11.0. The van der Waals surface area contributed by atoms with Crippen molar-refractivity contribution in [3.05, 3.63) is 0 Å². The molecule has 1 aliphatic rings. The quantitative estimate of drug-likeness (QED) is 0.637. The smallest absolute Gasteiger partial charge is 0.303 e. The molecule has 0 bridgehead atoms. The summed E-state index contributed by atoms with van der Waals surface area (Å²) < 4.78 is 5.39. The lowest BCUT2D eigenvalue weighted by atomic mass is 9.74. The lowest BCUT2D eigenvalue weighted by molar-refractivity contribution is -0.160. The van der Waals surface area contributed by atoms with E-state index < -0.39 is 0 Å². The number of esters is 1. The van der Waals surface area contributed by atoms with Crippen molar-refractivity contribution in [2.75, 3.05) is 0 Å². The SMILES string of the molecule is CC(=O)OC(C)(C)C1CCCC(C)C1. The summed E-state index contributed by atoms with van der Waals surface area (Å²) in [5.41, 5.74) is -0.277. The van der Waals surface area contributed by atoms with Crippen LogP contribution in [0.15, 0.2) is 0 Å². The van der Waals surface area contributed by atoms with Gasteiger partial charge in [0.25, 0.3) is 0 Å². The number of hydrogen-bond acceptors (Lipinski definition) is 2. The van der Waals surface area contributed by atoms with Crippen LogP contribution in [0.3, 0.4) is 0 Å². The second kappa shape index (κ2) is 4.33.